The van der Waals surface area contributed by atoms with Gasteiger partial charge in [0.15, 0.2) is 0 Å². The third kappa shape index (κ3) is 1.01. The molecule has 12 heavy (non-hydrogen) atoms. The van der Waals surface area contributed by atoms with E-state index in [9.17, 15) is 4.57 Å². The lowest BCUT2D eigenvalue weighted by molar-refractivity contribution is 0.392. The van der Waals surface area contributed by atoms with Crippen molar-refractivity contribution >= 4 is 13.1 Å². The molecule has 1 atom stereocenters. The molecule has 0 saturated heterocycles. The van der Waals surface area contributed by atoms with Gasteiger partial charge in [0.25, 0.3) is 0 Å². The minimum Gasteiger partial charge on any atom is -0.496 e. The molecule has 1 aromatic carbocycles. The van der Waals surface area contributed by atoms with E-state index < -0.39 is 7.80 Å². The first-order valence-corrected chi connectivity index (χ1v) is 5.27. The van der Waals surface area contributed by atoms with E-state index >= 15 is 0 Å². The molecule has 1 aliphatic rings. The summed E-state index contributed by atoms with van der Waals surface area (Å²) in [5.74, 6) is 1.38. The molecule has 1 aromatic rings. The van der Waals surface area contributed by atoms with Crippen LogP contribution in [0.3, 0.4) is 0 Å². The monoisotopic (exact) mass is 184 g/mol. The minimum atomic E-state index is -1.75. The second kappa shape index (κ2) is 2.83. The molecule has 1 heterocycles. The molecule has 3 nitrogen and oxygen atoms in total. The first kappa shape index (κ1) is 7.69. The fourth-order valence-corrected chi connectivity index (χ4v) is 2.61. The van der Waals surface area contributed by atoms with Gasteiger partial charge in [-0.15, -0.1) is 0 Å². The Bertz CT molecular complexity index is 335. The minimum absolute atomic E-state index is 0.320. The predicted molar refractivity (Wildman–Crippen MR) is 47.1 cm³/mol. The smallest absolute Gasteiger partial charge is 0.147 e. The van der Waals surface area contributed by atoms with Crippen molar-refractivity contribution in [2.75, 3.05) is 13.5 Å². The van der Waals surface area contributed by atoms with Gasteiger partial charge in [-0.25, -0.2) is 0 Å². The van der Waals surface area contributed by atoms with E-state index in [0.717, 1.165) is 5.30 Å². The summed E-state index contributed by atoms with van der Waals surface area (Å²) in [6, 6.07) is 5.45. The van der Waals surface area contributed by atoms with Crippen LogP contribution in [-0.4, -0.2) is 13.5 Å². The second-order valence-corrected chi connectivity index (χ2v) is 4.18. The van der Waals surface area contributed by atoms with Crippen molar-refractivity contribution in [3.63, 3.8) is 0 Å². The lowest BCUT2D eigenvalue weighted by atomic mass is 10.3. The molecule has 0 saturated carbocycles. The van der Waals surface area contributed by atoms with Gasteiger partial charge in [-0.05, 0) is 12.1 Å². The average molecular weight is 184 g/mol. The number of benzene rings is 1. The summed E-state index contributed by atoms with van der Waals surface area (Å²) in [6.45, 7) is 0. The molecule has 1 unspecified atom stereocenters. The van der Waals surface area contributed by atoms with E-state index in [0.29, 0.717) is 17.8 Å². The van der Waals surface area contributed by atoms with Crippen molar-refractivity contribution in [1.29, 1.82) is 0 Å². The number of ether oxygens (including phenoxy) is 2. The third-order valence-electron chi connectivity index (χ3n) is 1.85. The molecule has 64 valence electrons. The third-order valence-corrected chi connectivity index (χ3v) is 3.30. The lowest BCUT2D eigenvalue weighted by Crippen LogP contribution is -1.99. The second-order valence-electron chi connectivity index (χ2n) is 2.55. The highest BCUT2D eigenvalue weighted by molar-refractivity contribution is 7.54. The van der Waals surface area contributed by atoms with E-state index in [-0.39, 0.29) is 0 Å². The van der Waals surface area contributed by atoms with Gasteiger partial charge >= 0.3 is 0 Å². The molecule has 0 bridgehead atoms. The zero-order valence-electron chi connectivity index (χ0n) is 6.66. The summed E-state index contributed by atoms with van der Waals surface area (Å²) in [4.78, 5) is 0. The van der Waals surface area contributed by atoms with E-state index in [1.54, 1.807) is 13.2 Å². The van der Waals surface area contributed by atoms with E-state index in [2.05, 4.69) is 0 Å². The van der Waals surface area contributed by atoms with Crippen molar-refractivity contribution < 1.29 is 14.0 Å². The summed E-state index contributed by atoms with van der Waals surface area (Å²) in [6.07, 6.45) is 0.320. The highest BCUT2D eigenvalue weighted by Crippen LogP contribution is 2.37. The largest absolute Gasteiger partial charge is 0.496 e. The first-order chi connectivity index (χ1) is 5.83. The topological polar surface area (TPSA) is 35.5 Å². The predicted octanol–water partition coefficient (Wildman–Crippen LogP) is 1.23. The van der Waals surface area contributed by atoms with Gasteiger partial charge in [0, 0.05) is 0 Å². The van der Waals surface area contributed by atoms with Crippen LogP contribution in [0.2, 0.25) is 0 Å². The van der Waals surface area contributed by atoms with E-state index in [1.807, 2.05) is 12.1 Å². The van der Waals surface area contributed by atoms with Gasteiger partial charge in [-0.1, -0.05) is 6.07 Å². The SMILES string of the molecule is COc1cccc2c1[PH](=O)CO2. The standard InChI is InChI=1S/C8H9O3P/c1-10-6-3-2-4-7-8(6)12(9)5-11-7/h2-4,12H,5H2,1H3. The van der Waals surface area contributed by atoms with Crippen molar-refractivity contribution in [2.45, 2.75) is 0 Å². The Labute approximate surface area is 71.1 Å². The normalized spacial score (nSPS) is 19.9. The van der Waals surface area contributed by atoms with Crippen LogP contribution in [0.1, 0.15) is 0 Å². The molecule has 4 heteroatoms. The molecule has 2 rings (SSSR count). The fraction of sp³-hybridized carbons (Fsp3) is 0.250. The summed E-state index contributed by atoms with van der Waals surface area (Å²) in [5, 5.41) is 0.755. The summed E-state index contributed by atoms with van der Waals surface area (Å²) in [7, 11) is -0.180. The Kier molecular flexibility index (Phi) is 1.81. The molecule has 0 N–H and O–H groups in total. The zero-order valence-corrected chi connectivity index (χ0v) is 7.66. The van der Waals surface area contributed by atoms with Crippen LogP contribution in [0.25, 0.3) is 0 Å². The molecular weight excluding hydrogens is 175 g/mol. The van der Waals surface area contributed by atoms with E-state index in [1.165, 1.54) is 0 Å². The molecule has 0 spiro atoms. The van der Waals surface area contributed by atoms with Crippen molar-refractivity contribution in [1.82, 2.24) is 0 Å². The molecule has 0 fully saturated rings. The molecule has 0 amide bonds. The van der Waals surface area contributed by atoms with Crippen LogP contribution in [0.4, 0.5) is 0 Å². The number of fused-ring (bicyclic) bond motifs is 1. The van der Waals surface area contributed by atoms with Crippen LogP contribution in [0.15, 0.2) is 18.2 Å². The number of hydrogen-bond donors (Lipinski definition) is 0. The van der Waals surface area contributed by atoms with Gasteiger partial charge in [-0.3, -0.25) is 0 Å². The fourth-order valence-electron chi connectivity index (χ4n) is 1.29. The van der Waals surface area contributed by atoms with Gasteiger partial charge in [0.1, 0.15) is 25.6 Å². The molecule has 0 radical (unpaired) electrons. The van der Waals surface area contributed by atoms with Crippen molar-refractivity contribution in [3.8, 4) is 11.5 Å². The molecule has 0 aliphatic carbocycles. The maximum atomic E-state index is 11.4. The van der Waals surface area contributed by atoms with Gasteiger partial charge in [0.05, 0.1) is 12.4 Å². The summed E-state index contributed by atoms with van der Waals surface area (Å²) in [5.41, 5.74) is 0. The Balaban J connectivity index is 2.60. The maximum absolute atomic E-state index is 11.4. The van der Waals surface area contributed by atoms with Crippen LogP contribution >= 0.6 is 7.80 Å². The summed E-state index contributed by atoms with van der Waals surface area (Å²) >= 11 is 0. The van der Waals surface area contributed by atoms with Gasteiger partial charge in [0.2, 0.25) is 0 Å². The lowest BCUT2D eigenvalue weighted by Gasteiger charge is -2.02. The molecular formula is C8H9O3P. The number of rotatable bonds is 1. The van der Waals surface area contributed by atoms with Crippen LogP contribution in [0.5, 0.6) is 11.5 Å². The first-order valence-electron chi connectivity index (χ1n) is 3.66. The number of hydrogen-bond acceptors (Lipinski definition) is 3. The highest BCUT2D eigenvalue weighted by atomic mass is 31.1. The van der Waals surface area contributed by atoms with Crippen molar-refractivity contribution in [2.24, 2.45) is 0 Å². The average Bonchev–Trinajstić information content (AvgIpc) is 2.48. The summed E-state index contributed by atoms with van der Waals surface area (Å²) < 4.78 is 21.7. The maximum Gasteiger partial charge on any atom is 0.147 e. The Morgan fingerprint density at radius 1 is 1.58 bits per heavy atom. The van der Waals surface area contributed by atoms with Gasteiger partial charge in [-0.2, -0.15) is 0 Å². The Morgan fingerprint density at radius 3 is 3.17 bits per heavy atom. The van der Waals surface area contributed by atoms with Gasteiger partial charge < -0.3 is 14.0 Å². The quantitative estimate of drug-likeness (QED) is 0.616. The Morgan fingerprint density at radius 2 is 2.42 bits per heavy atom. The molecule has 1 aliphatic heterocycles. The molecule has 0 aromatic heterocycles. The highest BCUT2D eigenvalue weighted by Gasteiger charge is 2.23. The zero-order chi connectivity index (χ0) is 8.55. The van der Waals surface area contributed by atoms with Crippen LogP contribution in [-0.2, 0) is 4.57 Å². The van der Waals surface area contributed by atoms with E-state index in [4.69, 9.17) is 9.47 Å². The number of methoxy groups -OCH3 is 1. The van der Waals surface area contributed by atoms with Crippen molar-refractivity contribution in [3.05, 3.63) is 18.2 Å². The van der Waals surface area contributed by atoms with Crippen LogP contribution in [0, 0.1) is 0 Å². The Hall–Kier alpha value is -0.950. The van der Waals surface area contributed by atoms with Crippen LogP contribution < -0.4 is 14.8 Å².